The van der Waals surface area contributed by atoms with Crippen LogP contribution in [-0.4, -0.2) is 51.3 Å². The lowest BCUT2D eigenvalue weighted by Gasteiger charge is -2.36. The summed E-state index contributed by atoms with van der Waals surface area (Å²) in [7, 11) is 0. The van der Waals surface area contributed by atoms with Crippen LogP contribution in [0.3, 0.4) is 0 Å². The van der Waals surface area contributed by atoms with Crippen molar-refractivity contribution >= 4 is 11.6 Å². The van der Waals surface area contributed by atoms with Crippen molar-refractivity contribution in [1.29, 1.82) is 0 Å². The van der Waals surface area contributed by atoms with Gasteiger partial charge >= 0.3 is 0 Å². The first-order valence-corrected chi connectivity index (χ1v) is 9.27. The van der Waals surface area contributed by atoms with Gasteiger partial charge in [0, 0.05) is 18.3 Å². The molecule has 3 rings (SSSR count). The molecule has 140 valence electrons. The zero-order valence-electron chi connectivity index (χ0n) is 15.5. The van der Waals surface area contributed by atoms with Crippen molar-refractivity contribution in [3.05, 3.63) is 42.5 Å². The molecule has 7 nitrogen and oxygen atoms in total. The Morgan fingerprint density at radius 2 is 2.08 bits per heavy atom. The van der Waals surface area contributed by atoms with Crippen LogP contribution in [0, 0.1) is 0 Å². The monoisotopic (exact) mass is 357 g/mol. The van der Waals surface area contributed by atoms with Crippen LogP contribution >= 0.6 is 0 Å². The number of carbonyl (C=O) groups excluding carboxylic acids is 1. The van der Waals surface area contributed by atoms with Crippen molar-refractivity contribution in [3.63, 3.8) is 0 Å². The molecule has 0 radical (unpaired) electrons. The van der Waals surface area contributed by atoms with Gasteiger partial charge in [-0.15, -0.1) is 0 Å². The first kappa shape index (κ1) is 18.5. The molecule has 0 saturated carbocycles. The smallest absolute Gasteiger partial charge is 0.246 e. The zero-order valence-corrected chi connectivity index (χ0v) is 15.5. The molecule has 1 aliphatic heterocycles. The molecule has 1 aromatic carbocycles. The number of aromatic nitrogens is 3. The van der Waals surface area contributed by atoms with E-state index >= 15 is 0 Å². The van der Waals surface area contributed by atoms with Crippen LogP contribution in [0.25, 0.3) is 0 Å². The van der Waals surface area contributed by atoms with Crippen molar-refractivity contribution in [2.45, 2.75) is 45.4 Å². The topological polar surface area (TPSA) is 72.3 Å². The van der Waals surface area contributed by atoms with Crippen LogP contribution in [-0.2, 0) is 16.1 Å². The predicted octanol–water partition coefficient (Wildman–Crippen LogP) is 2.48. The molecule has 1 aromatic heterocycles. The number of rotatable bonds is 7. The molecule has 2 heterocycles. The molecule has 0 bridgehead atoms. The molecule has 1 N–H and O–H groups in total. The van der Waals surface area contributed by atoms with Crippen molar-refractivity contribution in [1.82, 2.24) is 19.7 Å². The van der Waals surface area contributed by atoms with Crippen LogP contribution in [0.5, 0.6) is 0 Å². The van der Waals surface area contributed by atoms with Gasteiger partial charge in [0.1, 0.15) is 19.2 Å². The minimum absolute atomic E-state index is 0.120. The number of nitrogens with one attached hydrogen (secondary N) is 1. The van der Waals surface area contributed by atoms with E-state index < -0.39 is 0 Å². The van der Waals surface area contributed by atoms with E-state index in [1.54, 1.807) is 0 Å². The Balaban J connectivity index is 1.57. The number of ether oxygens (including phenoxy) is 1. The Morgan fingerprint density at radius 1 is 1.31 bits per heavy atom. The molecule has 0 aliphatic carbocycles. The zero-order chi connectivity index (χ0) is 18.4. The molecular formula is C19H27N5O2. The largest absolute Gasteiger partial charge is 0.373 e. The van der Waals surface area contributed by atoms with E-state index in [1.807, 2.05) is 24.3 Å². The van der Waals surface area contributed by atoms with Gasteiger partial charge in [-0.25, -0.2) is 9.67 Å². The fourth-order valence-corrected chi connectivity index (χ4v) is 3.53. The Bertz CT molecular complexity index is 682. The number of nitrogens with zero attached hydrogens (tertiary/aromatic N) is 4. The fraction of sp³-hybridized carbons (Fsp3) is 0.526. The lowest BCUT2D eigenvalue weighted by atomic mass is 9.96. The van der Waals surface area contributed by atoms with E-state index in [9.17, 15) is 4.79 Å². The second-order valence-corrected chi connectivity index (χ2v) is 6.52. The molecule has 1 amide bonds. The summed E-state index contributed by atoms with van der Waals surface area (Å²) < 4.78 is 7.48. The van der Waals surface area contributed by atoms with Crippen molar-refractivity contribution < 1.29 is 9.53 Å². The van der Waals surface area contributed by atoms with Crippen LogP contribution in [0.4, 0.5) is 5.69 Å². The van der Waals surface area contributed by atoms with E-state index in [0.717, 1.165) is 43.8 Å². The first-order valence-electron chi connectivity index (χ1n) is 9.27. The average molecular weight is 357 g/mol. The lowest BCUT2D eigenvalue weighted by Crippen LogP contribution is -2.40. The summed E-state index contributed by atoms with van der Waals surface area (Å²) in [6.45, 7) is 7.52. The Hall–Kier alpha value is -2.25. The highest BCUT2D eigenvalue weighted by molar-refractivity contribution is 5.90. The van der Waals surface area contributed by atoms with E-state index in [1.165, 1.54) is 17.3 Å². The maximum absolute atomic E-state index is 12.0. The minimum Gasteiger partial charge on any atom is -0.373 e. The highest BCUT2D eigenvalue weighted by Gasteiger charge is 2.26. The summed E-state index contributed by atoms with van der Waals surface area (Å²) in [6, 6.07) is 8.52. The van der Waals surface area contributed by atoms with Crippen LogP contribution in [0.1, 0.15) is 38.4 Å². The van der Waals surface area contributed by atoms with E-state index in [0.29, 0.717) is 6.04 Å². The standard InChI is InChI=1S/C19H27N5O2/c1-3-23(4-2)17-9-10-26-18(11-17)15-5-7-16(8-6-15)22-19(25)12-24-14-20-13-21-24/h5-8,13-14,17-18H,3-4,9-12H2,1-2H3,(H,22,25)/t17-,18+/m1/s1. The highest BCUT2D eigenvalue weighted by Crippen LogP contribution is 2.31. The van der Waals surface area contributed by atoms with E-state index in [-0.39, 0.29) is 18.6 Å². The van der Waals surface area contributed by atoms with Gasteiger partial charge in [-0.05, 0) is 43.6 Å². The number of anilines is 1. The summed E-state index contributed by atoms with van der Waals surface area (Å²) in [4.78, 5) is 18.4. The van der Waals surface area contributed by atoms with Crippen molar-refractivity contribution in [3.8, 4) is 0 Å². The third kappa shape index (κ3) is 4.68. The van der Waals surface area contributed by atoms with Gasteiger partial charge in [0.05, 0.1) is 6.10 Å². The molecule has 7 heteroatoms. The van der Waals surface area contributed by atoms with Gasteiger partial charge < -0.3 is 15.0 Å². The number of benzene rings is 1. The van der Waals surface area contributed by atoms with Gasteiger partial charge in [0.2, 0.25) is 5.91 Å². The lowest BCUT2D eigenvalue weighted by molar-refractivity contribution is -0.116. The summed E-state index contributed by atoms with van der Waals surface area (Å²) >= 11 is 0. The Morgan fingerprint density at radius 3 is 2.73 bits per heavy atom. The molecule has 0 spiro atoms. The van der Waals surface area contributed by atoms with Crippen LogP contribution in [0.15, 0.2) is 36.9 Å². The van der Waals surface area contributed by atoms with Crippen molar-refractivity contribution in [2.24, 2.45) is 0 Å². The molecule has 2 atom stereocenters. The SMILES string of the molecule is CCN(CC)[C@@H]1CCO[C@H](c2ccc(NC(=O)Cn3cncn3)cc2)C1. The predicted molar refractivity (Wildman–Crippen MR) is 99.7 cm³/mol. The summed E-state index contributed by atoms with van der Waals surface area (Å²) in [5.41, 5.74) is 1.94. The molecular weight excluding hydrogens is 330 g/mol. The molecule has 1 saturated heterocycles. The minimum atomic E-state index is -0.126. The summed E-state index contributed by atoms with van der Waals surface area (Å²) in [5.74, 6) is -0.126. The maximum atomic E-state index is 12.0. The molecule has 2 aromatic rings. The second-order valence-electron chi connectivity index (χ2n) is 6.52. The third-order valence-electron chi connectivity index (χ3n) is 4.92. The average Bonchev–Trinajstić information content (AvgIpc) is 3.16. The second kappa shape index (κ2) is 8.91. The number of hydrogen-bond acceptors (Lipinski definition) is 5. The van der Waals surface area contributed by atoms with E-state index in [2.05, 4.69) is 34.1 Å². The fourth-order valence-electron chi connectivity index (χ4n) is 3.53. The Labute approximate surface area is 154 Å². The van der Waals surface area contributed by atoms with Gasteiger partial charge in [0.15, 0.2) is 0 Å². The number of hydrogen-bond donors (Lipinski definition) is 1. The van der Waals surface area contributed by atoms with Gasteiger partial charge in [0.25, 0.3) is 0 Å². The van der Waals surface area contributed by atoms with Gasteiger partial charge in [-0.2, -0.15) is 5.10 Å². The quantitative estimate of drug-likeness (QED) is 0.824. The maximum Gasteiger partial charge on any atom is 0.246 e. The molecule has 1 aliphatic rings. The number of carbonyl (C=O) groups is 1. The normalized spacial score (nSPS) is 20.3. The third-order valence-corrected chi connectivity index (χ3v) is 4.92. The van der Waals surface area contributed by atoms with Crippen LogP contribution < -0.4 is 5.32 Å². The molecule has 0 unspecified atom stereocenters. The van der Waals surface area contributed by atoms with E-state index in [4.69, 9.17) is 4.74 Å². The summed E-state index contributed by atoms with van der Waals surface area (Å²) in [5, 5.41) is 6.81. The van der Waals surface area contributed by atoms with Crippen molar-refractivity contribution in [2.75, 3.05) is 25.0 Å². The highest BCUT2D eigenvalue weighted by atomic mass is 16.5. The first-order chi connectivity index (χ1) is 12.7. The van der Waals surface area contributed by atoms with Gasteiger partial charge in [-0.3, -0.25) is 4.79 Å². The number of amides is 1. The Kier molecular flexibility index (Phi) is 6.35. The molecule has 1 fully saturated rings. The van der Waals surface area contributed by atoms with Crippen LogP contribution in [0.2, 0.25) is 0 Å². The summed E-state index contributed by atoms with van der Waals surface area (Å²) in [6.07, 6.45) is 5.16. The van der Waals surface area contributed by atoms with Gasteiger partial charge in [-0.1, -0.05) is 26.0 Å². The molecule has 26 heavy (non-hydrogen) atoms.